The van der Waals surface area contributed by atoms with Crippen molar-refractivity contribution in [3.8, 4) is 0 Å². The lowest BCUT2D eigenvalue weighted by Gasteiger charge is -1.90. The standard InChI is InChI=1S/C6H9N3O2.ClH/c10-6(11)3-1-2-5-4-7-9-8-5;/h4H,1-3H2,(H,10,11)(H,7,8,9);1H. The molecule has 0 saturated heterocycles. The average molecular weight is 192 g/mol. The zero-order valence-electron chi connectivity index (χ0n) is 6.36. The zero-order chi connectivity index (χ0) is 8.10. The molecule has 0 radical (unpaired) electrons. The monoisotopic (exact) mass is 191 g/mol. The van der Waals surface area contributed by atoms with Gasteiger partial charge in [0.25, 0.3) is 0 Å². The molecule has 1 heterocycles. The first kappa shape index (κ1) is 10.9. The van der Waals surface area contributed by atoms with Gasteiger partial charge in [-0.2, -0.15) is 0 Å². The Bertz CT molecular complexity index is 225. The molecule has 5 nitrogen and oxygen atoms in total. The molecule has 12 heavy (non-hydrogen) atoms. The first-order valence-electron chi connectivity index (χ1n) is 3.36. The number of aromatic amines is 1. The molecular formula is C6H10ClN3O2. The van der Waals surface area contributed by atoms with Crippen molar-refractivity contribution in [2.45, 2.75) is 19.3 Å². The Labute approximate surface area is 75.6 Å². The second-order valence-electron chi connectivity index (χ2n) is 2.21. The van der Waals surface area contributed by atoms with Crippen LogP contribution in [-0.2, 0) is 11.2 Å². The largest absolute Gasteiger partial charge is 0.481 e. The maximum Gasteiger partial charge on any atom is 0.303 e. The Hall–Kier alpha value is -1.10. The molecule has 0 unspecified atom stereocenters. The summed E-state index contributed by atoms with van der Waals surface area (Å²) in [4.78, 5) is 10.1. The third-order valence-electron chi connectivity index (χ3n) is 1.29. The molecule has 0 spiro atoms. The molecule has 0 atom stereocenters. The quantitative estimate of drug-likeness (QED) is 0.732. The van der Waals surface area contributed by atoms with Gasteiger partial charge in [-0.25, -0.2) is 0 Å². The lowest BCUT2D eigenvalue weighted by molar-refractivity contribution is -0.137. The van der Waals surface area contributed by atoms with Crippen molar-refractivity contribution in [1.82, 2.24) is 15.4 Å². The van der Waals surface area contributed by atoms with E-state index in [1.165, 1.54) is 0 Å². The Morgan fingerprint density at radius 2 is 2.42 bits per heavy atom. The Kier molecular flexibility index (Phi) is 5.03. The average Bonchev–Trinajstić information content (AvgIpc) is 2.39. The van der Waals surface area contributed by atoms with E-state index in [4.69, 9.17) is 5.11 Å². The fraction of sp³-hybridized carbons (Fsp3) is 0.500. The first-order chi connectivity index (χ1) is 5.29. The molecule has 0 aliphatic carbocycles. The van der Waals surface area contributed by atoms with Gasteiger partial charge in [0, 0.05) is 12.6 Å². The van der Waals surface area contributed by atoms with Crippen LogP contribution >= 0.6 is 12.4 Å². The lowest BCUT2D eigenvalue weighted by atomic mass is 10.2. The number of H-pyrrole nitrogens is 1. The van der Waals surface area contributed by atoms with E-state index in [1.54, 1.807) is 6.20 Å². The number of nitrogens with one attached hydrogen (secondary N) is 1. The maximum atomic E-state index is 10.1. The lowest BCUT2D eigenvalue weighted by Crippen LogP contribution is -1.95. The SMILES string of the molecule is Cl.O=C(O)CCCc1c[nH]nn1. The van der Waals surface area contributed by atoms with Gasteiger partial charge in [-0.3, -0.25) is 9.89 Å². The predicted molar refractivity (Wildman–Crippen MR) is 44.2 cm³/mol. The molecule has 1 aromatic heterocycles. The topological polar surface area (TPSA) is 78.9 Å². The summed E-state index contributed by atoms with van der Waals surface area (Å²) >= 11 is 0. The molecule has 6 heteroatoms. The van der Waals surface area contributed by atoms with Crippen molar-refractivity contribution in [3.63, 3.8) is 0 Å². The summed E-state index contributed by atoms with van der Waals surface area (Å²) in [6.45, 7) is 0. The van der Waals surface area contributed by atoms with Gasteiger partial charge >= 0.3 is 5.97 Å². The molecule has 0 aromatic carbocycles. The number of halogens is 1. The minimum absolute atomic E-state index is 0. The molecule has 0 fully saturated rings. The van der Waals surface area contributed by atoms with Crippen molar-refractivity contribution in [2.75, 3.05) is 0 Å². The number of aryl methyl sites for hydroxylation is 1. The van der Waals surface area contributed by atoms with Gasteiger partial charge in [0.15, 0.2) is 0 Å². The highest BCUT2D eigenvalue weighted by Gasteiger charge is 1.99. The smallest absolute Gasteiger partial charge is 0.303 e. The molecule has 2 N–H and O–H groups in total. The van der Waals surface area contributed by atoms with Crippen LogP contribution in [0.5, 0.6) is 0 Å². The summed E-state index contributed by atoms with van der Waals surface area (Å²) in [5, 5.41) is 18.1. The van der Waals surface area contributed by atoms with Crippen molar-refractivity contribution in [2.24, 2.45) is 0 Å². The van der Waals surface area contributed by atoms with Gasteiger partial charge in [-0.05, 0) is 12.8 Å². The third kappa shape index (κ3) is 3.92. The van der Waals surface area contributed by atoms with Gasteiger partial charge in [0.05, 0.1) is 5.69 Å². The number of hydrogen-bond acceptors (Lipinski definition) is 3. The fourth-order valence-corrected chi connectivity index (χ4v) is 0.768. The van der Waals surface area contributed by atoms with Gasteiger partial charge in [0.2, 0.25) is 0 Å². The molecule has 1 rings (SSSR count). The van der Waals surface area contributed by atoms with E-state index >= 15 is 0 Å². The molecule has 0 amide bonds. The minimum Gasteiger partial charge on any atom is -0.481 e. The van der Waals surface area contributed by atoms with Crippen LogP contribution in [0.4, 0.5) is 0 Å². The summed E-state index contributed by atoms with van der Waals surface area (Å²) in [6, 6.07) is 0. The van der Waals surface area contributed by atoms with Crippen molar-refractivity contribution < 1.29 is 9.90 Å². The summed E-state index contributed by atoms with van der Waals surface area (Å²) in [7, 11) is 0. The van der Waals surface area contributed by atoms with Crippen LogP contribution in [0.1, 0.15) is 18.5 Å². The Balaban J connectivity index is 0.00000121. The van der Waals surface area contributed by atoms with Crippen LogP contribution in [0.15, 0.2) is 6.20 Å². The number of carboxylic acid groups (broad SMARTS) is 1. The van der Waals surface area contributed by atoms with Gasteiger partial charge in [-0.1, -0.05) is 5.21 Å². The number of nitrogens with zero attached hydrogens (tertiary/aromatic N) is 2. The van der Waals surface area contributed by atoms with Crippen LogP contribution in [0, 0.1) is 0 Å². The van der Waals surface area contributed by atoms with Crippen LogP contribution in [-0.4, -0.2) is 26.5 Å². The number of aliphatic carboxylic acids is 1. The van der Waals surface area contributed by atoms with E-state index < -0.39 is 5.97 Å². The van der Waals surface area contributed by atoms with Crippen molar-refractivity contribution in [3.05, 3.63) is 11.9 Å². The summed E-state index contributed by atoms with van der Waals surface area (Å²) in [6.07, 6.45) is 3.14. The number of rotatable bonds is 4. The first-order valence-corrected chi connectivity index (χ1v) is 3.36. The van der Waals surface area contributed by atoms with Crippen LogP contribution < -0.4 is 0 Å². The Morgan fingerprint density at radius 1 is 1.67 bits per heavy atom. The molecule has 68 valence electrons. The van der Waals surface area contributed by atoms with Crippen molar-refractivity contribution in [1.29, 1.82) is 0 Å². The van der Waals surface area contributed by atoms with E-state index in [9.17, 15) is 4.79 Å². The van der Waals surface area contributed by atoms with E-state index in [1.807, 2.05) is 0 Å². The van der Waals surface area contributed by atoms with Crippen LogP contribution in [0.2, 0.25) is 0 Å². The summed E-state index contributed by atoms with van der Waals surface area (Å²) in [5.41, 5.74) is 0.811. The molecule has 0 bridgehead atoms. The van der Waals surface area contributed by atoms with Crippen molar-refractivity contribution >= 4 is 18.4 Å². The summed E-state index contributed by atoms with van der Waals surface area (Å²) < 4.78 is 0. The molecular weight excluding hydrogens is 182 g/mol. The summed E-state index contributed by atoms with van der Waals surface area (Å²) in [5.74, 6) is -0.770. The number of hydrogen-bond donors (Lipinski definition) is 2. The van der Waals surface area contributed by atoms with Gasteiger partial charge in [0.1, 0.15) is 0 Å². The van der Waals surface area contributed by atoms with Crippen LogP contribution in [0.3, 0.4) is 0 Å². The van der Waals surface area contributed by atoms with E-state index in [-0.39, 0.29) is 18.8 Å². The second kappa shape index (κ2) is 5.54. The second-order valence-corrected chi connectivity index (χ2v) is 2.21. The highest BCUT2D eigenvalue weighted by molar-refractivity contribution is 5.85. The van der Waals surface area contributed by atoms with E-state index in [0.717, 1.165) is 5.69 Å². The Morgan fingerprint density at radius 3 is 2.92 bits per heavy atom. The number of aromatic nitrogens is 3. The number of carboxylic acids is 1. The van der Waals surface area contributed by atoms with Gasteiger partial charge < -0.3 is 5.11 Å². The maximum absolute atomic E-state index is 10.1. The normalized spacial score (nSPS) is 9.00. The number of carbonyl (C=O) groups is 1. The fourth-order valence-electron chi connectivity index (χ4n) is 0.768. The highest BCUT2D eigenvalue weighted by Crippen LogP contribution is 1.98. The van der Waals surface area contributed by atoms with Crippen LogP contribution in [0.25, 0.3) is 0 Å². The molecule has 0 aliphatic rings. The van der Waals surface area contributed by atoms with E-state index in [2.05, 4.69) is 15.4 Å². The molecule has 0 saturated carbocycles. The molecule has 0 aliphatic heterocycles. The predicted octanol–water partition coefficient (Wildman–Crippen LogP) is 0.634. The minimum atomic E-state index is -0.770. The third-order valence-corrected chi connectivity index (χ3v) is 1.29. The zero-order valence-corrected chi connectivity index (χ0v) is 7.17. The highest BCUT2D eigenvalue weighted by atomic mass is 35.5. The molecule has 1 aromatic rings. The van der Waals surface area contributed by atoms with Gasteiger partial charge in [-0.15, -0.1) is 17.5 Å². The van der Waals surface area contributed by atoms with E-state index in [0.29, 0.717) is 12.8 Å².